The number of hydrogen-bond acceptors (Lipinski definition) is 4. The van der Waals surface area contributed by atoms with Gasteiger partial charge in [-0.15, -0.1) is 0 Å². The molecule has 26 heavy (non-hydrogen) atoms. The molecule has 136 valence electrons. The third-order valence-electron chi connectivity index (χ3n) is 3.73. The number of hydrogen-bond donors (Lipinski definition) is 1. The van der Waals surface area contributed by atoms with E-state index < -0.39 is 30.3 Å². The Hall–Kier alpha value is -3.02. The normalized spacial score (nSPS) is 11.5. The number of benzene rings is 2. The summed E-state index contributed by atoms with van der Waals surface area (Å²) in [5.74, 6) is -1.72. The summed E-state index contributed by atoms with van der Waals surface area (Å²) in [5.41, 5.74) is 1.50. The number of Topliss-reactive ketones (excluding diaryl/α,β-unsaturated/α-hetero) is 1. The molecule has 2 aromatic carbocycles. The first-order valence-electron chi connectivity index (χ1n) is 8.18. The molecule has 0 bridgehead atoms. The van der Waals surface area contributed by atoms with Gasteiger partial charge in [-0.05, 0) is 36.6 Å². The van der Waals surface area contributed by atoms with Crippen molar-refractivity contribution >= 4 is 17.7 Å². The first-order valence-corrected chi connectivity index (χ1v) is 8.18. The number of esters is 1. The van der Waals surface area contributed by atoms with E-state index in [1.54, 1.807) is 0 Å². The van der Waals surface area contributed by atoms with Gasteiger partial charge in [0.2, 0.25) is 0 Å². The zero-order valence-electron chi connectivity index (χ0n) is 14.4. The van der Waals surface area contributed by atoms with Crippen molar-refractivity contribution in [2.45, 2.75) is 25.8 Å². The van der Waals surface area contributed by atoms with Crippen LogP contribution in [0, 0.1) is 5.82 Å². The molecule has 0 saturated carbocycles. The lowest BCUT2D eigenvalue weighted by atomic mass is 10.0. The smallest absolute Gasteiger partial charge is 0.310 e. The topological polar surface area (TPSA) is 72.5 Å². The maximum Gasteiger partial charge on any atom is 0.310 e. The highest BCUT2D eigenvalue weighted by molar-refractivity contribution is 5.89. The summed E-state index contributed by atoms with van der Waals surface area (Å²) in [5, 5.41) is 2.58. The standard InChI is InChI=1S/C20H20FNO4/c1-14(23)18(11-15-5-3-2-4-6-15)22-19(24)13-26-20(25)12-16-7-9-17(21)10-8-16/h2-10,18H,11-13H2,1H3,(H,22,24)/t18-/m0/s1. The predicted molar refractivity (Wildman–Crippen MR) is 93.8 cm³/mol. The first-order chi connectivity index (χ1) is 12.4. The first kappa shape index (κ1) is 19.3. The minimum absolute atomic E-state index is 0.0618. The van der Waals surface area contributed by atoms with Gasteiger partial charge in [0.05, 0.1) is 12.5 Å². The molecule has 2 rings (SSSR count). The van der Waals surface area contributed by atoms with E-state index in [1.807, 2.05) is 30.3 Å². The molecule has 1 amide bonds. The van der Waals surface area contributed by atoms with Crippen molar-refractivity contribution in [1.82, 2.24) is 5.32 Å². The second-order valence-electron chi connectivity index (χ2n) is 5.88. The van der Waals surface area contributed by atoms with Gasteiger partial charge in [0.25, 0.3) is 5.91 Å². The number of rotatable bonds is 8. The fourth-order valence-electron chi connectivity index (χ4n) is 2.35. The molecule has 0 unspecified atom stereocenters. The molecule has 0 aliphatic carbocycles. The number of halogens is 1. The Morgan fingerprint density at radius 2 is 1.65 bits per heavy atom. The monoisotopic (exact) mass is 357 g/mol. The lowest BCUT2D eigenvalue weighted by Crippen LogP contribution is -2.43. The van der Waals surface area contributed by atoms with Gasteiger partial charge < -0.3 is 10.1 Å². The molecular formula is C20H20FNO4. The van der Waals surface area contributed by atoms with Gasteiger partial charge in [-0.2, -0.15) is 0 Å². The number of nitrogens with one attached hydrogen (secondary N) is 1. The molecule has 5 nitrogen and oxygen atoms in total. The number of ketones is 1. The molecule has 0 aromatic heterocycles. The average Bonchev–Trinajstić information content (AvgIpc) is 2.62. The summed E-state index contributed by atoms with van der Waals surface area (Å²) in [7, 11) is 0. The van der Waals surface area contributed by atoms with Crippen LogP contribution in [-0.2, 0) is 32.0 Å². The van der Waals surface area contributed by atoms with Gasteiger partial charge in [-0.3, -0.25) is 14.4 Å². The zero-order valence-corrected chi connectivity index (χ0v) is 14.4. The largest absolute Gasteiger partial charge is 0.455 e. The SMILES string of the molecule is CC(=O)[C@H](Cc1ccccc1)NC(=O)COC(=O)Cc1ccc(F)cc1. The van der Waals surface area contributed by atoms with E-state index in [2.05, 4.69) is 5.32 Å². The quantitative estimate of drug-likeness (QED) is 0.736. The third-order valence-corrected chi connectivity index (χ3v) is 3.73. The summed E-state index contributed by atoms with van der Waals surface area (Å²) in [6.07, 6.45) is 0.305. The molecule has 0 aliphatic rings. The van der Waals surface area contributed by atoms with Crippen molar-refractivity contribution in [2.24, 2.45) is 0 Å². The van der Waals surface area contributed by atoms with E-state index in [-0.39, 0.29) is 12.2 Å². The summed E-state index contributed by atoms with van der Waals surface area (Å²) in [4.78, 5) is 35.4. The molecule has 0 spiro atoms. The highest BCUT2D eigenvalue weighted by Crippen LogP contribution is 2.05. The van der Waals surface area contributed by atoms with Gasteiger partial charge >= 0.3 is 5.97 Å². The molecular weight excluding hydrogens is 337 g/mol. The molecule has 0 fully saturated rings. The van der Waals surface area contributed by atoms with Crippen molar-refractivity contribution < 1.29 is 23.5 Å². The Morgan fingerprint density at radius 3 is 2.27 bits per heavy atom. The summed E-state index contributed by atoms with van der Waals surface area (Å²) < 4.78 is 17.7. The summed E-state index contributed by atoms with van der Waals surface area (Å²) >= 11 is 0. The van der Waals surface area contributed by atoms with E-state index in [0.29, 0.717) is 12.0 Å². The van der Waals surface area contributed by atoms with Crippen LogP contribution in [0.4, 0.5) is 4.39 Å². The maximum atomic E-state index is 12.8. The second-order valence-corrected chi connectivity index (χ2v) is 5.88. The van der Waals surface area contributed by atoms with Crippen LogP contribution < -0.4 is 5.32 Å². The number of amides is 1. The van der Waals surface area contributed by atoms with E-state index in [9.17, 15) is 18.8 Å². The lowest BCUT2D eigenvalue weighted by Gasteiger charge is -2.16. The molecule has 0 radical (unpaired) electrons. The average molecular weight is 357 g/mol. The second kappa shape index (κ2) is 9.46. The Kier molecular flexibility index (Phi) is 7.02. The van der Waals surface area contributed by atoms with Crippen LogP contribution in [0.2, 0.25) is 0 Å². The fourth-order valence-corrected chi connectivity index (χ4v) is 2.35. The molecule has 2 aromatic rings. The van der Waals surface area contributed by atoms with Crippen LogP contribution >= 0.6 is 0 Å². The van der Waals surface area contributed by atoms with Crippen molar-refractivity contribution in [3.63, 3.8) is 0 Å². The molecule has 1 N–H and O–H groups in total. The number of ether oxygens (including phenoxy) is 1. The van der Waals surface area contributed by atoms with E-state index in [0.717, 1.165) is 5.56 Å². The molecule has 0 heterocycles. The molecule has 1 atom stereocenters. The fraction of sp³-hybridized carbons (Fsp3) is 0.250. The molecule has 0 aliphatic heterocycles. The van der Waals surface area contributed by atoms with Gasteiger partial charge in [-0.1, -0.05) is 42.5 Å². The number of carbonyl (C=O) groups is 3. The number of carbonyl (C=O) groups excluding carboxylic acids is 3. The highest BCUT2D eigenvalue weighted by atomic mass is 19.1. The van der Waals surface area contributed by atoms with Crippen molar-refractivity contribution in [1.29, 1.82) is 0 Å². The zero-order chi connectivity index (χ0) is 18.9. The van der Waals surface area contributed by atoms with Crippen LogP contribution in [0.15, 0.2) is 54.6 Å². The Bertz CT molecular complexity index is 759. The summed E-state index contributed by atoms with van der Waals surface area (Å²) in [6, 6.07) is 14.1. The van der Waals surface area contributed by atoms with E-state index in [4.69, 9.17) is 4.74 Å². The van der Waals surface area contributed by atoms with Crippen LogP contribution in [0.25, 0.3) is 0 Å². The van der Waals surface area contributed by atoms with E-state index in [1.165, 1.54) is 31.2 Å². The minimum Gasteiger partial charge on any atom is -0.455 e. The highest BCUT2D eigenvalue weighted by Gasteiger charge is 2.18. The van der Waals surface area contributed by atoms with Crippen molar-refractivity contribution in [2.75, 3.05) is 6.61 Å². The van der Waals surface area contributed by atoms with Crippen LogP contribution in [0.1, 0.15) is 18.1 Å². The molecule has 6 heteroatoms. The van der Waals surface area contributed by atoms with Gasteiger partial charge in [0, 0.05) is 0 Å². The summed E-state index contributed by atoms with van der Waals surface area (Å²) in [6.45, 7) is 0.924. The maximum absolute atomic E-state index is 12.8. The lowest BCUT2D eigenvalue weighted by molar-refractivity contribution is -0.148. The van der Waals surface area contributed by atoms with Gasteiger partial charge in [0.1, 0.15) is 5.82 Å². The van der Waals surface area contributed by atoms with E-state index >= 15 is 0 Å². The van der Waals surface area contributed by atoms with Crippen LogP contribution in [0.5, 0.6) is 0 Å². The Balaban J connectivity index is 1.81. The van der Waals surface area contributed by atoms with Gasteiger partial charge in [0.15, 0.2) is 12.4 Å². The predicted octanol–water partition coefficient (Wildman–Crippen LogP) is 2.23. The third kappa shape index (κ3) is 6.47. The van der Waals surface area contributed by atoms with Crippen molar-refractivity contribution in [3.05, 3.63) is 71.5 Å². The molecule has 0 saturated heterocycles. The Morgan fingerprint density at radius 1 is 1.00 bits per heavy atom. The Labute approximate surface area is 151 Å². The van der Waals surface area contributed by atoms with Gasteiger partial charge in [-0.25, -0.2) is 4.39 Å². The van der Waals surface area contributed by atoms with Crippen molar-refractivity contribution in [3.8, 4) is 0 Å². The van der Waals surface area contributed by atoms with Crippen LogP contribution in [-0.4, -0.2) is 30.3 Å². The van der Waals surface area contributed by atoms with Crippen LogP contribution in [0.3, 0.4) is 0 Å². The minimum atomic E-state index is -0.680.